The molecule has 26 heavy (non-hydrogen) atoms. The largest absolute Gasteiger partial charge is 0.459 e. The summed E-state index contributed by atoms with van der Waals surface area (Å²) in [6, 6.07) is 12.0. The highest BCUT2D eigenvalue weighted by molar-refractivity contribution is 5.91. The fraction of sp³-hybridized carbons (Fsp3) is 0.333. The Labute approximate surface area is 149 Å². The average molecular weight is 360 g/mol. The maximum absolute atomic E-state index is 12.1. The van der Waals surface area contributed by atoms with Gasteiger partial charge in [-0.25, -0.2) is 0 Å². The molecule has 2 aromatic rings. The van der Waals surface area contributed by atoms with Gasteiger partial charge in [-0.3, -0.25) is 9.59 Å². The Kier molecular flexibility index (Phi) is 5.67. The van der Waals surface area contributed by atoms with Gasteiger partial charge < -0.3 is 30.0 Å². The van der Waals surface area contributed by atoms with Gasteiger partial charge in [-0.05, 0) is 24.3 Å². The number of carbonyl (C=O) groups is 2. The third kappa shape index (κ3) is 4.29. The number of hydrogen-bond donors (Lipinski definition) is 4. The number of carbonyl (C=O) groups excluding carboxylic acids is 2. The van der Waals surface area contributed by atoms with Gasteiger partial charge in [0.05, 0.1) is 18.8 Å². The molecule has 3 rings (SSSR count). The first-order valence-corrected chi connectivity index (χ1v) is 8.23. The van der Waals surface area contributed by atoms with Gasteiger partial charge in [-0.1, -0.05) is 18.2 Å². The maximum atomic E-state index is 12.1. The minimum atomic E-state index is -1.22. The third-order valence-corrected chi connectivity index (χ3v) is 4.11. The van der Waals surface area contributed by atoms with Crippen LogP contribution in [-0.4, -0.2) is 53.0 Å². The second-order valence-electron chi connectivity index (χ2n) is 6.00. The smallest absolute Gasteiger partial charge is 0.287 e. The first-order valence-electron chi connectivity index (χ1n) is 8.23. The lowest BCUT2D eigenvalue weighted by molar-refractivity contribution is -0.120. The Balaban J connectivity index is 1.50. The molecule has 4 N–H and O–H groups in total. The maximum Gasteiger partial charge on any atom is 0.287 e. The molecule has 8 nitrogen and oxygen atoms in total. The summed E-state index contributed by atoms with van der Waals surface area (Å²) in [7, 11) is 0. The Bertz CT molecular complexity index is 733. The zero-order valence-electron chi connectivity index (χ0n) is 13.9. The van der Waals surface area contributed by atoms with Crippen LogP contribution in [0.15, 0.2) is 53.1 Å². The van der Waals surface area contributed by atoms with Crippen LogP contribution in [-0.2, 0) is 9.53 Å². The van der Waals surface area contributed by atoms with E-state index >= 15 is 0 Å². The molecule has 1 aliphatic heterocycles. The van der Waals surface area contributed by atoms with Crippen molar-refractivity contribution >= 4 is 17.5 Å². The predicted octanol–water partition coefficient (Wildman–Crippen LogP) is 0.527. The van der Waals surface area contributed by atoms with Gasteiger partial charge in [-0.2, -0.15) is 0 Å². The van der Waals surface area contributed by atoms with E-state index in [2.05, 4.69) is 10.6 Å². The van der Waals surface area contributed by atoms with Crippen molar-refractivity contribution in [3.8, 4) is 0 Å². The number of rotatable bonds is 6. The number of hydrogen-bond acceptors (Lipinski definition) is 6. The molecule has 2 heterocycles. The molecule has 0 radical (unpaired) electrons. The zero-order valence-corrected chi connectivity index (χ0v) is 13.9. The Hall–Kier alpha value is -2.68. The van der Waals surface area contributed by atoms with Crippen molar-refractivity contribution in [2.75, 3.05) is 11.9 Å². The number of amides is 2. The molecule has 0 spiro atoms. The van der Waals surface area contributed by atoms with Gasteiger partial charge in [0.15, 0.2) is 5.76 Å². The summed E-state index contributed by atoms with van der Waals surface area (Å²) in [6.07, 6.45) is -2.85. The zero-order chi connectivity index (χ0) is 18.5. The minimum absolute atomic E-state index is 0.0193. The number of benzene rings is 1. The molecule has 138 valence electrons. The van der Waals surface area contributed by atoms with E-state index in [1.807, 2.05) is 6.07 Å². The molecule has 0 aliphatic carbocycles. The highest BCUT2D eigenvalue weighted by atomic mass is 16.5. The Morgan fingerprint density at radius 3 is 2.42 bits per heavy atom. The highest BCUT2D eigenvalue weighted by Gasteiger charge is 2.43. The highest BCUT2D eigenvalue weighted by Crippen LogP contribution is 2.24. The summed E-state index contributed by atoms with van der Waals surface area (Å²) < 4.78 is 10.5. The van der Waals surface area contributed by atoms with Gasteiger partial charge in [0, 0.05) is 12.2 Å². The first kappa shape index (κ1) is 18.1. The Morgan fingerprint density at radius 2 is 1.73 bits per heavy atom. The first-order chi connectivity index (χ1) is 12.5. The van der Waals surface area contributed by atoms with Crippen LogP contribution in [0.2, 0.25) is 0 Å². The fourth-order valence-corrected chi connectivity index (χ4v) is 2.77. The number of ether oxygens (including phenoxy) is 1. The predicted molar refractivity (Wildman–Crippen MR) is 91.4 cm³/mol. The molecule has 1 fully saturated rings. The standard InChI is InChI=1S/C18H20N2O6/c21-15(20-11-5-2-1-3-6-11)9-13-16(22)17(23)14(26-13)10-19-18(24)12-7-4-8-25-12/h1-8,13-14,16-17,22-23H,9-10H2,(H,19,24)(H,20,21)/t13-,14-,16+,17-/m1/s1. The number of para-hydroxylation sites is 1. The summed E-state index contributed by atoms with van der Waals surface area (Å²) in [5, 5.41) is 25.5. The number of aliphatic hydroxyl groups is 2. The molecule has 0 unspecified atom stereocenters. The van der Waals surface area contributed by atoms with Crippen molar-refractivity contribution in [1.82, 2.24) is 5.32 Å². The van der Waals surface area contributed by atoms with E-state index in [-0.39, 0.29) is 24.6 Å². The molecule has 1 aliphatic rings. The lowest BCUT2D eigenvalue weighted by Gasteiger charge is -2.14. The van der Waals surface area contributed by atoms with Crippen molar-refractivity contribution in [2.45, 2.75) is 30.8 Å². The lowest BCUT2D eigenvalue weighted by atomic mass is 10.1. The van der Waals surface area contributed by atoms with E-state index in [4.69, 9.17) is 9.15 Å². The lowest BCUT2D eigenvalue weighted by Crippen LogP contribution is -2.39. The molecule has 8 heteroatoms. The van der Waals surface area contributed by atoms with Gasteiger partial charge in [-0.15, -0.1) is 0 Å². The average Bonchev–Trinajstić information content (AvgIpc) is 3.26. The molecular weight excluding hydrogens is 340 g/mol. The summed E-state index contributed by atoms with van der Waals surface area (Å²) >= 11 is 0. The van der Waals surface area contributed by atoms with E-state index in [9.17, 15) is 19.8 Å². The molecule has 0 saturated carbocycles. The number of aliphatic hydroxyl groups excluding tert-OH is 2. The van der Waals surface area contributed by atoms with Crippen molar-refractivity contribution in [1.29, 1.82) is 0 Å². The van der Waals surface area contributed by atoms with Crippen molar-refractivity contribution in [3.63, 3.8) is 0 Å². The number of anilines is 1. The second kappa shape index (κ2) is 8.13. The molecule has 4 atom stereocenters. The third-order valence-electron chi connectivity index (χ3n) is 4.11. The summed E-state index contributed by atoms with van der Waals surface area (Å²) in [5.74, 6) is -0.657. The van der Waals surface area contributed by atoms with Crippen molar-refractivity contribution in [2.24, 2.45) is 0 Å². The molecule has 1 aromatic heterocycles. The van der Waals surface area contributed by atoms with E-state index in [1.54, 1.807) is 30.3 Å². The van der Waals surface area contributed by atoms with Crippen LogP contribution in [0.5, 0.6) is 0 Å². The van der Waals surface area contributed by atoms with E-state index < -0.39 is 30.3 Å². The van der Waals surface area contributed by atoms with E-state index in [1.165, 1.54) is 12.3 Å². The SMILES string of the molecule is O=C(C[C@H]1O[C@H](CNC(=O)c2ccco2)[C@@H](O)[C@H]1O)Nc1ccccc1. The normalized spacial score (nSPS) is 25.0. The molecule has 1 aromatic carbocycles. The minimum Gasteiger partial charge on any atom is -0.459 e. The van der Waals surface area contributed by atoms with Gasteiger partial charge in [0.2, 0.25) is 5.91 Å². The van der Waals surface area contributed by atoms with Crippen LogP contribution in [0.25, 0.3) is 0 Å². The van der Waals surface area contributed by atoms with E-state index in [0.717, 1.165) is 0 Å². The topological polar surface area (TPSA) is 121 Å². The van der Waals surface area contributed by atoms with E-state index in [0.29, 0.717) is 5.69 Å². The quantitative estimate of drug-likeness (QED) is 0.596. The monoisotopic (exact) mass is 360 g/mol. The van der Waals surface area contributed by atoms with Gasteiger partial charge in [0.25, 0.3) is 5.91 Å². The molecular formula is C18H20N2O6. The number of nitrogens with one attached hydrogen (secondary N) is 2. The van der Waals surface area contributed by atoms with Crippen LogP contribution in [0.4, 0.5) is 5.69 Å². The molecule has 0 bridgehead atoms. The van der Waals surface area contributed by atoms with Crippen LogP contribution >= 0.6 is 0 Å². The van der Waals surface area contributed by atoms with Gasteiger partial charge in [0.1, 0.15) is 18.3 Å². The van der Waals surface area contributed by atoms with Crippen LogP contribution in [0.1, 0.15) is 17.0 Å². The summed E-state index contributed by atoms with van der Waals surface area (Å²) in [4.78, 5) is 23.9. The van der Waals surface area contributed by atoms with Crippen molar-refractivity contribution in [3.05, 3.63) is 54.5 Å². The number of furan rings is 1. The van der Waals surface area contributed by atoms with Gasteiger partial charge >= 0.3 is 0 Å². The van der Waals surface area contributed by atoms with Crippen LogP contribution < -0.4 is 10.6 Å². The summed E-state index contributed by atoms with van der Waals surface area (Å²) in [6.45, 7) is -0.0193. The van der Waals surface area contributed by atoms with Crippen LogP contribution in [0.3, 0.4) is 0 Å². The molecule has 2 amide bonds. The van der Waals surface area contributed by atoms with Crippen LogP contribution in [0, 0.1) is 0 Å². The second-order valence-corrected chi connectivity index (χ2v) is 6.00. The Morgan fingerprint density at radius 1 is 1.00 bits per heavy atom. The molecule has 1 saturated heterocycles. The fourth-order valence-electron chi connectivity index (χ4n) is 2.77. The van der Waals surface area contributed by atoms with Crippen molar-refractivity contribution < 1.29 is 29.0 Å². The summed E-state index contributed by atoms with van der Waals surface area (Å²) in [5.41, 5.74) is 0.632.